The standard InChI is InChI=1S/C19H22F3N3O/c1-2-24-11-9-23-18(24)15-7-5-10-25(13-15)17(26)12-14-6-3-4-8-16(14)19(20,21)22/h3-4,6,8-9,11,15H,2,5,7,10,12-13H2,1H3/t15-/m0/s1. The number of rotatable bonds is 4. The first-order valence-corrected chi connectivity index (χ1v) is 8.84. The van der Waals surface area contributed by atoms with Crippen molar-refractivity contribution in [2.45, 2.75) is 44.8 Å². The summed E-state index contributed by atoms with van der Waals surface area (Å²) in [6, 6.07) is 5.29. The number of halogens is 3. The highest BCUT2D eigenvalue weighted by Gasteiger charge is 2.34. The van der Waals surface area contributed by atoms with Gasteiger partial charge in [0.2, 0.25) is 5.91 Å². The Bertz CT molecular complexity index is 769. The van der Waals surface area contributed by atoms with Crippen molar-refractivity contribution in [2.24, 2.45) is 0 Å². The van der Waals surface area contributed by atoms with Crippen LogP contribution in [-0.4, -0.2) is 33.4 Å². The fourth-order valence-corrected chi connectivity index (χ4v) is 3.59. The molecule has 0 radical (unpaired) electrons. The van der Waals surface area contributed by atoms with Crippen molar-refractivity contribution in [1.29, 1.82) is 0 Å². The van der Waals surface area contributed by atoms with Crippen molar-refractivity contribution in [2.75, 3.05) is 13.1 Å². The van der Waals surface area contributed by atoms with Gasteiger partial charge in [-0.1, -0.05) is 18.2 Å². The van der Waals surface area contributed by atoms with Gasteiger partial charge in [0.15, 0.2) is 0 Å². The number of aryl methyl sites for hydroxylation is 1. The third-order valence-corrected chi connectivity index (χ3v) is 4.89. The van der Waals surface area contributed by atoms with Gasteiger partial charge in [0.1, 0.15) is 5.82 Å². The van der Waals surface area contributed by atoms with Crippen LogP contribution in [0.1, 0.15) is 42.6 Å². The highest BCUT2D eigenvalue weighted by molar-refractivity contribution is 5.79. The Balaban J connectivity index is 1.73. The van der Waals surface area contributed by atoms with Crippen LogP contribution in [0.3, 0.4) is 0 Å². The number of carbonyl (C=O) groups is 1. The summed E-state index contributed by atoms with van der Waals surface area (Å²) in [6.45, 7) is 3.92. The molecule has 2 aromatic rings. The summed E-state index contributed by atoms with van der Waals surface area (Å²) in [6.07, 6.45) is 0.737. The van der Waals surface area contributed by atoms with Crippen LogP contribution in [-0.2, 0) is 23.9 Å². The Morgan fingerprint density at radius 1 is 1.31 bits per heavy atom. The number of hydrogen-bond acceptors (Lipinski definition) is 2. The summed E-state index contributed by atoms with van der Waals surface area (Å²) in [7, 11) is 0. The van der Waals surface area contributed by atoms with Gasteiger partial charge in [-0.15, -0.1) is 0 Å². The van der Waals surface area contributed by atoms with Crippen LogP contribution in [0.25, 0.3) is 0 Å². The van der Waals surface area contributed by atoms with E-state index in [0.717, 1.165) is 31.3 Å². The van der Waals surface area contributed by atoms with Gasteiger partial charge < -0.3 is 9.47 Å². The Morgan fingerprint density at radius 2 is 2.08 bits per heavy atom. The molecule has 0 unspecified atom stereocenters. The molecule has 1 aromatic carbocycles. The van der Waals surface area contributed by atoms with Crippen molar-refractivity contribution >= 4 is 5.91 Å². The first-order valence-electron chi connectivity index (χ1n) is 8.84. The first-order chi connectivity index (χ1) is 12.4. The molecule has 1 saturated heterocycles. The number of imidazole rings is 1. The number of hydrogen-bond donors (Lipinski definition) is 0. The number of likely N-dealkylation sites (tertiary alicyclic amines) is 1. The predicted molar refractivity (Wildman–Crippen MR) is 91.6 cm³/mol. The zero-order chi connectivity index (χ0) is 18.7. The van der Waals surface area contributed by atoms with E-state index in [-0.39, 0.29) is 23.8 Å². The molecule has 0 N–H and O–H groups in total. The van der Waals surface area contributed by atoms with Crippen LogP contribution in [0.15, 0.2) is 36.7 Å². The molecule has 2 heterocycles. The van der Waals surface area contributed by atoms with Gasteiger partial charge in [0.25, 0.3) is 0 Å². The number of carbonyl (C=O) groups excluding carboxylic acids is 1. The Labute approximate surface area is 150 Å². The predicted octanol–water partition coefficient (Wildman–Crippen LogP) is 3.87. The lowest BCUT2D eigenvalue weighted by atomic mass is 9.96. The smallest absolute Gasteiger partial charge is 0.342 e. The van der Waals surface area contributed by atoms with E-state index in [1.807, 2.05) is 13.1 Å². The van der Waals surface area contributed by atoms with Gasteiger partial charge in [-0.25, -0.2) is 4.98 Å². The van der Waals surface area contributed by atoms with Crippen molar-refractivity contribution in [3.05, 3.63) is 53.6 Å². The SMILES string of the molecule is CCn1ccnc1[C@H]1CCCN(C(=O)Cc2ccccc2C(F)(F)F)C1. The second kappa shape index (κ2) is 7.51. The molecule has 140 valence electrons. The van der Waals surface area contributed by atoms with E-state index in [0.29, 0.717) is 13.1 Å². The van der Waals surface area contributed by atoms with Gasteiger partial charge in [0, 0.05) is 37.9 Å². The molecular weight excluding hydrogens is 343 g/mol. The third kappa shape index (κ3) is 3.92. The lowest BCUT2D eigenvalue weighted by molar-refractivity contribution is -0.138. The van der Waals surface area contributed by atoms with E-state index < -0.39 is 11.7 Å². The van der Waals surface area contributed by atoms with Gasteiger partial charge in [-0.3, -0.25) is 4.79 Å². The van der Waals surface area contributed by atoms with Crippen LogP contribution < -0.4 is 0 Å². The quantitative estimate of drug-likeness (QED) is 0.825. The minimum absolute atomic E-state index is 0.0298. The number of amides is 1. The maximum atomic E-state index is 13.1. The molecule has 1 aromatic heterocycles. The minimum Gasteiger partial charge on any atom is -0.342 e. The zero-order valence-corrected chi connectivity index (χ0v) is 14.7. The zero-order valence-electron chi connectivity index (χ0n) is 14.7. The van der Waals surface area contributed by atoms with E-state index in [2.05, 4.69) is 9.55 Å². The molecule has 3 rings (SSSR count). The third-order valence-electron chi connectivity index (χ3n) is 4.89. The maximum Gasteiger partial charge on any atom is 0.416 e. The molecule has 1 atom stereocenters. The topological polar surface area (TPSA) is 38.1 Å². The average Bonchev–Trinajstić information content (AvgIpc) is 3.10. The summed E-state index contributed by atoms with van der Waals surface area (Å²) in [5.74, 6) is 0.808. The fourth-order valence-electron chi connectivity index (χ4n) is 3.59. The minimum atomic E-state index is -4.45. The molecule has 1 aliphatic rings. The van der Waals surface area contributed by atoms with Crippen molar-refractivity contribution < 1.29 is 18.0 Å². The molecule has 1 aliphatic heterocycles. The van der Waals surface area contributed by atoms with Gasteiger partial charge in [0.05, 0.1) is 12.0 Å². The van der Waals surface area contributed by atoms with Crippen LogP contribution in [0.2, 0.25) is 0 Å². The van der Waals surface area contributed by atoms with Crippen LogP contribution in [0.5, 0.6) is 0 Å². The van der Waals surface area contributed by atoms with Crippen molar-refractivity contribution in [3.8, 4) is 0 Å². The summed E-state index contributed by atoms with van der Waals surface area (Å²) < 4.78 is 41.5. The van der Waals surface area contributed by atoms with Gasteiger partial charge >= 0.3 is 6.18 Å². The molecular formula is C19H22F3N3O. The lowest BCUT2D eigenvalue weighted by Crippen LogP contribution is -2.40. The number of aromatic nitrogens is 2. The largest absolute Gasteiger partial charge is 0.416 e. The van der Waals surface area contributed by atoms with E-state index in [1.54, 1.807) is 11.1 Å². The summed E-state index contributed by atoms with van der Waals surface area (Å²) in [5, 5.41) is 0. The van der Waals surface area contributed by atoms with Gasteiger partial charge in [-0.05, 0) is 31.4 Å². The van der Waals surface area contributed by atoms with E-state index in [4.69, 9.17) is 0 Å². The number of nitrogens with zero attached hydrogens (tertiary/aromatic N) is 3. The molecule has 1 amide bonds. The number of piperidine rings is 1. The fraction of sp³-hybridized carbons (Fsp3) is 0.474. The molecule has 1 fully saturated rings. The highest BCUT2D eigenvalue weighted by atomic mass is 19.4. The summed E-state index contributed by atoms with van der Waals surface area (Å²) in [4.78, 5) is 18.7. The van der Waals surface area contributed by atoms with Crippen LogP contribution >= 0.6 is 0 Å². The van der Waals surface area contributed by atoms with Crippen LogP contribution in [0.4, 0.5) is 13.2 Å². The second-order valence-corrected chi connectivity index (χ2v) is 6.58. The highest BCUT2D eigenvalue weighted by Crippen LogP contribution is 2.32. The number of benzene rings is 1. The average molecular weight is 365 g/mol. The lowest BCUT2D eigenvalue weighted by Gasteiger charge is -2.33. The monoisotopic (exact) mass is 365 g/mol. The normalized spacial score (nSPS) is 18.2. The first kappa shape index (κ1) is 18.5. The molecule has 0 saturated carbocycles. The molecule has 0 aliphatic carbocycles. The summed E-state index contributed by atoms with van der Waals surface area (Å²) >= 11 is 0. The van der Waals surface area contributed by atoms with Crippen LogP contribution in [0, 0.1) is 0 Å². The molecule has 0 spiro atoms. The Hall–Kier alpha value is -2.31. The van der Waals surface area contributed by atoms with Gasteiger partial charge in [-0.2, -0.15) is 13.2 Å². The Kier molecular flexibility index (Phi) is 5.34. The number of alkyl halides is 3. The van der Waals surface area contributed by atoms with Crippen molar-refractivity contribution in [3.63, 3.8) is 0 Å². The summed E-state index contributed by atoms with van der Waals surface area (Å²) in [5.41, 5.74) is -0.703. The molecule has 4 nitrogen and oxygen atoms in total. The molecule has 26 heavy (non-hydrogen) atoms. The van der Waals surface area contributed by atoms with E-state index in [9.17, 15) is 18.0 Å². The molecule has 0 bridgehead atoms. The second-order valence-electron chi connectivity index (χ2n) is 6.58. The van der Waals surface area contributed by atoms with E-state index in [1.165, 1.54) is 18.2 Å². The van der Waals surface area contributed by atoms with E-state index >= 15 is 0 Å². The Morgan fingerprint density at radius 3 is 2.81 bits per heavy atom. The van der Waals surface area contributed by atoms with Crippen molar-refractivity contribution in [1.82, 2.24) is 14.5 Å². The molecule has 7 heteroatoms. The maximum absolute atomic E-state index is 13.1.